The van der Waals surface area contributed by atoms with Crippen LogP contribution in [-0.4, -0.2) is 27.6 Å². The Bertz CT molecular complexity index is 717. The van der Waals surface area contributed by atoms with Gasteiger partial charge in [-0.2, -0.15) is 5.10 Å². The number of hydrogen-bond donors (Lipinski definition) is 0. The molecule has 0 spiro atoms. The first-order valence-corrected chi connectivity index (χ1v) is 8.40. The van der Waals surface area contributed by atoms with Gasteiger partial charge >= 0.3 is 0 Å². The smallest absolute Gasteiger partial charge is 0.246 e. The molecule has 1 unspecified atom stereocenters. The highest BCUT2D eigenvalue weighted by atomic mass is 35.5. The van der Waals surface area contributed by atoms with Crippen LogP contribution in [0.1, 0.15) is 43.8 Å². The molecule has 0 aliphatic rings. The number of nitrogens with zero attached hydrogens (tertiary/aromatic N) is 3. The van der Waals surface area contributed by atoms with E-state index in [9.17, 15) is 4.79 Å². The minimum atomic E-state index is -0.141. The van der Waals surface area contributed by atoms with Gasteiger partial charge in [0.1, 0.15) is 10.9 Å². The Labute approximate surface area is 147 Å². The molecule has 2 aromatic rings. The van der Waals surface area contributed by atoms with Crippen molar-refractivity contribution in [2.24, 2.45) is 5.92 Å². The average Bonchev–Trinajstić information content (AvgIpc) is 3.13. The fourth-order valence-electron chi connectivity index (χ4n) is 2.41. The van der Waals surface area contributed by atoms with E-state index in [2.05, 4.69) is 18.9 Å². The van der Waals surface area contributed by atoms with Crippen LogP contribution in [0, 0.1) is 12.8 Å². The molecule has 2 rings (SSSR count). The van der Waals surface area contributed by atoms with E-state index in [1.165, 1.54) is 6.08 Å². The Kier molecular flexibility index (Phi) is 5.89. The molecule has 0 bridgehead atoms. The van der Waals surface area contributed by atoms with Gasteiger partial charge in [0.2, 0.25) is 5.91 Å². The quantitative estimate of drug-likeness (QED) is 0.729. The van der Waals surface area contributed by atoms with Gasteiger partial charge < -0.3 is 9.32 Å². The van der Waals surface area contributed by atoms with E-state index >= 15 is 0 Å². The summed E-state index contributed by atoms with van der Waals surface area (Å²) in [5.41, 5.74) is 1.59. The standard InChI is InChI=1S/C18H24ClN3O2/c1-12(2)11-22-18(19)15(13(3)20-22)8-9-17(23)21(5)14(4)16-7-6-10-24-16/h6-10,12,14H,11H2,1-5H3/b9-8+. The largest absolute Gasteiger partial charge is 0.467 e. The summed E-state index contributed by atoms with van der Waals surface area (Å²) in [7, 11) is 1.75. The van der Waals surface area contributed by atoms with Crippen molar-refractivity contribution in [2.75, 3.05) is 7.05 Å². The monoisotopic (exact) mass is 349 g/mol. The topological polar surface area (TPSA) is 51.3 Å². The molecule has 0 fully saturated rings. The van der Waals surface area contributed by atoms with Gasteiger partial charge in [-0.1, -0.05) is 25.4 Å². The summed E-state index contributed by atoms with van der Waals surface area (Å²) in [6.07, 6.45) is 4.86. The van der Waals surface area contributed by atoms with Crippen LogP contribution in [0.5, 0.6) is 0 Å². The van der Waals surface area contributed by atoms with Gasteiger partial charge in [-0.3, -0.25) is 9.48 Å². The molecule has 0 aliphatic heterocycles. The van der Waals surface area contributed by atoms with E-state index in [0.29, 0.717) is 11.1 Å². The molecule has 2 aromatic heterocycles. The second kappa shape index (κ2) is 7.71. The Balaban J connectivity index is 2.12. The van der Waals surface area contributed by atoms with Gasteiger partial charge in [0.25, 0.3) is 0 Å². The van der Waals surface area contributed by atoms with Gasteiger partial charge in [-0.05, 0) is 38.0 Å². The molecule has 0 saturated heterocycles. The van der Waals surface area contributed by atoms with Crippen molar-refractivity contribution in [2.45, 2.75) is 40.3 Å². The molecular weight excluding hydrogens is 326 g/mol. The minimum Gasteiger partial charge on any atom is -0.467 e. The molecule has 24 heavy (non-hydrogen) atoms. The van der Waals surface area contributed by atoms with Crippen LogP contribution in [0.2, 0.25) is 5.15 Å². The third kappa shape index (κ3) is 4.09. The predicted octanol–water partition coefficient (Wildman–Crippen LogP) is 4.33. The molecule has 5 nitrogen and oxygen atoms in total. The van der Waals surface area contributed by atoms with E-state index in [4.69, 9.17) is 16.0 Å². The summed E-state index contributed by atoms with van der Waals surface area (Å²) in [5.74, 6) is 1.07. The van der Waals surface area contributed by atoms with E-state index < -0.39 is 0 Å². The van der Waals surface area contributed by atoms with Crippen LogP contribution < -0.4 is 0 Å². The summed E-state index contributed by atoms with van der Waals surface area (Å²) in [6, 6.07) is 3.53. The van der Waals surface area contributed by atoms with Crippen LogP contribution in [0.25, 0.3) is 6.08 Å². The van der Waals surface area contributed by atoms with E-state index in [0.717, 1.165) is 23.6 Å². The van der Waals surface area contributed by atoms with Gasteiger partial charge in [0.05, 0.1) is 18.0 Å². The maximum atomic E-state index is 12.4. The van der Waals surface area contributed by atoms with E-state index in [1.807, 2.05) is 26.0 Å². The number of halogens is 1. The lowest BCUT2D eigenvalue weighted by molar-refractivity contribution is -0.126. The molecular formula is C18H24ClN3O2. The van der Waals surface area contributed by atoms with Crippen LogP contribution >= 0.6 is 11.6 Å². The molecule has 0 aromatic carbocycles. The SMILES string of the molecule is Cc1nn(CC(C)C)c(Cl)c1/C=C/C(=O)N(C)C(C)c1ccco1. The van der Waals surface area contributed by atoms with Crippen molar-refractivity contribution in [1.29, 1.82) is 0 Å². The lowest BCUT2D eigenvalue weighted by atomic mass is 10.2. The first-order valence-electron chi connectivity index (χ1n) is 8.02. The van der Waals surface area contributed by atoms with Gasteiger partial charge in [0, 0.05) is 25.2 Å². The molecule has 6 heteroatoms. The maximum absolute atomic E-state index is 12.4. The second-order valence-corrected chi connectivity index (χ2v) is 6.70. The van der Waals surface area contributed by atoms with E-state index in [-0.39, 0.29) is 11.9 Å². The fourth-order valence-corrected chi connectivity index (χ4v) is 2.71. The highest BCUT2D eigenvalue weighted by Crippen LogP contribution is 2.23. The first-order chi connectivity index (χ1) is 11.3. The predicted molar refractivity (Wildman–Crippen MR) is 95.7 cm³/mol. The number of likely N-dealkylation sites (N-methyl/N-ethyl adjacent to an activating group) is 1. The summed E-state index contributed by atoms with van der Waals surface area (Å²) in [6.45, 7) is 8.77. The Hall–Kier alpha value is -2.01. The summed E-state index contributed by atoms with van der Waals surface area (Å²) in [4.78, 5) is 14.0. The fraction of sp³-hybridized carbons (Fsp3) is 0.444. The van der Waals surface area contributed by atoms with Crippen molar-refractivity contribution in [3.8, 4) is 0 Å². The molecule has 1 amide bonds. The Morgan fingerprint density at radius 2 is 2.17 bits per heavy atom. The maximum Gasteiger partial charge on any atom is 0.246 e. The molecule has 0 aliphatic carbocycles. The average molecular weight is 350 g/mol. The lowest BCUT2D eigenvalue weighted by Crippen LogP contribution is -2.27. The Morgan fingerprint density at radius 1 is 1.46 bits per heavy atom. The zero-order chi connectivity index (χ0) is 17.9. The van der Waals surface area contributed by atoms with Crippen molar-refractivity contribution < 1.29 is 9.21 Å². The second-order valence-electron chi connectivity index (χ2n) is 6.34. The van der Waals surface area contributed by atoms with Crippen LogP contribution in [-0.2, 0) is 11.3 Å². The highest BCUT2D eigenvalue weighted by molar-refractivity contribution is 6.31. The lowest BCUT2D eigenvalue weighted by Gasteiger charge is -2.21. The molecule has 1 atom stereocenters. The normalized spacial score (nSPS) is 13.0. The third-order valence-electron chi connectivity index (χ3n) is 3.92. The highest BCUT2D eigenvalue weighted by Gasteiger charge is 2.18. The first kappa shape index (κ1) is 18.3. The van der Waals surface area contributed by atoms with Crippen molar-refractivity contribution in [3.05, 3.63) is 46.6 Å². The zero-order valence-electron chi connectivity index (χ0n) is 14.8. The van der Waals surface area contributed by atoms with Crippen LogP contribution in [0.15, 0.2) is 28.9 Å². The van der Waals surface area contributed by atoms with Crippen molar-refractivity contribution in [1.82, 2.24) is 14.7 Å². The summed E-state index contributed by atoms with van der Waals surface area (Å²) < 4.78 is 7.13. The summed E-state index contributed by atoms with van der Waals surface area (Å²) in [5, 5.41) is 5.00. The number of carbonyl (C=O) groups excluding carboxylic acids is 1. The van der Waals surface area contributed by atoms with Crippen molar-refractivity contribution in [3.63, 3.8) is 0 Å². The third-order valence-corrected chi connectivity index (χ3v) is 4.32. The number of amides is 1. The molecule has 0 N–H and O–H groups in total. The summed E-state index contributed by atoms with van der Waals surface area (Å²) >= 11 is 6.39. The minimum absolute atomic E-state index is 0.119. The van der Waals surface area contributed by atoms with Gasteiger partial charge in [-0.15, -0.1) is 0 Å². The van der Waals surface area contributed by atoms with Crippen LogP contribution in [0.4, 0.5) is 0 Å². The van der Waals surface area contributed by atoms with E-state index in [1.54, 1.807) is 29.0 Å². The Morgan fingerprint density at radius 3 is 2.75 bits per heavy atom. The number of aromatic nitrogens is 2. The van der Waals surface area contributed by atoms with Gasteiger partial charge in [-0.25, -0.2) is 0 Å². The molecule has 130 valence electrons. The van der Waals surface area contributed by atoms with Gasteiger partial charge in [0.15, 0.2) is 0 Å². The number of rotatable bonds is 6. The number of hydrogen-bond acceptors (Lipinski definition) is 3. The number of carbonyl (C=O) groups is 1. The molecule has 2 heterocycles. The van der Waals surface area contributed by atoms with Crippen LogP contribution in [0.3, 0.4) is 0 Å². The molecule has 0 saturated carbocycles. The number of furan rings is 1. The molecule has 0 radical (unpaired) electrons. The zero-order valence-corrected chi connectivity index (χ0v) is 15.5. The van der Waals surface area contributed by atoms with Crippen molar-refractivity contribution >= 4 is 23.6 Å². The number of aryl methyl sites for hydroxylation is 1.